The lowest BCUT2D eigenvalue weighted by Gasteiger charge is -2.18. The molecule has 2 amide bonds. The van der Waals surface area contributed by atoms with E-state index in [1.54, 1.807) is 24.3 Å². The van der Waals surface area contributed by atoms with Gasteiger partial charge in [-0.1, -0.05) is 78.9 Å². The fourth-order valence-electron chi connectivity index (χ4n) is 4.05. The van der Waals surface area contributed by atoms with E-state index in [4.69, 9.17) is 15.2 Å². The number of nitrogens with zero attached hydrogens (tertiary/aromatic N) is 1. The van der Waals surface area contributed by atoms with Gasteiger partial charge in [-0.05, 0) is 34.4 Å². The van der Waals surface area contributed by atoms with Crippen LogP contribution in [0.1, 0.15) is 22.3 Å². The number of hydrogen-bond donors (Lipinski definition) is 2. The molecule has 0 aliphatic heterocycles. The molecule has 0 aromatic heterocycles. The van der Waals surface area contributed by atoms with Gasteiger partial charge in [0, 0.05) is 18.6 Å². The summed E-state index contributed by atoms with van der Waals surface area (Å²) >= 11 is 0. The van der Waals surface area contributed by atoms with Crippen molar-refractivity contribution < 1.29 is 24.0 Å². The summed E-state index contributed by atoms with van der Waals surface area (Å²) in [4.78, 5) is 35.4. The highest BCUT2D eigenvalue weighted by Crippen LogP contribution is 2.30. The summed E-state index contributed by atoms with van der Waals surface area (Å²) in [5.74, 6) is -0.159. The molecule has 9 heteroatoms. The van der Waals surface area contributed by atoms with Gasteiger partial charge in [-0.15, -0.1) is 0 Å². The van der Waals surface area contributed by atoms with Crippen molar-refractivity contribution in [3.63, 3.8) is 0 Å². The molecule has 0 spiro atoms. The first kappa shape index (κ1) is 27.8. The number of primary amides is 1. The number of hydrogen-bond acceptors (Lipinski definition) is 6. The molecule has 0 saturated carbocycles. The van der Waals surface area contributed by atoms with E-state index in [2.05, 4.69) is 5.32 Å². The van der Waals surface area contributed by atoms with Crippen LogP contribution >= 0.6 is 0 Å². The molecule has 4 aromatic carbocycles. The molecule has 0 aliphatic carbocycles. The third-order valence-electron chi connectivity index (χ3n) is 6.09. The Balaban J connectivity index is 1.47. The highest BCUT2D eigenvalue weighted by atomic mass is 16.6. The maximum absolute atomic E-state index is 12.7. The minimum absolute atomic E-state index is 0.116. The number of non-ortho nitro benzene ring substituents is 1. The van der Waals surface area contributed by atoms with Crippen molar-refractivity contribution in [2.45, 2.75) is 32.1 Å². The van der Waals surface area contributed by atoms with Crippen LogP contribution in [0.2, 0.25) is 0 Å². The van der Waals surface area contributed by atoms with Crippen molar-refractivity contribution in [3.05, 3.63) is 135 Å². The van der Waals surface area contributed by atoms with E-state index in [0.717, 1.165) is 11.1 Å². The Kier molecular flexibility index (Phi) is 9.44. The summed E-state index contributed by atoms with van der Waals surface area (Å²) in [6, 6.07) is 29.5. The van der Waals surface area contributed by atoms with Crippen LogP contribution in [0.5, 0.6) is 11.5 Å². The second-order valence-electron chi connectivity index (χ2n) is 9.16. The Morgan fingerprint density at radius 1 is 0.750 bits per heavy atom. The molecule has 1 atom stereocenters. The van der Waals surface area contributed by atoms with E-state index >= 15 is 0 Å². The molecule has 4 aromatic rings. The quantitative estimate of drug-likeness (QED) is 0.190. The summed E-state index contributed by atoms with van der Waals surface area (Å²) in [6.07, 6.45) is -0.0141. The van der Waals surface area contributed by atoms with Crippen molar-refractivity contribution in [1.29, 1.82) is 0 Å². The highest BCUT2D eigenvalue weighted by molar-refractivity contribution is 5.87. The standard InChI is InChI=1S/C31H29N3O6/c32-31(36)27(33-30(35)19-24-12-7-13-26(16-24)34(37)38)17-25-14-15-28(39-20-22-8-3-1-4-9-22)29(18-25)40-21-23-10-5-2-6-11-23/h1-16,18,27H,17,19-21H2,(H2,32,36)(H,33,35)/t27-/m1/s1. The molecule has 3 N–H and O–H groups in total. The summed E-state index contributed by atoms with van der Waals surface area (Å²) in [7, 11) is 0. The van der Waals surface area contributed by atoms with E-state index < -0.39 is 22.8 Å². The lowest BCUT2D eigenvalue weighted by atomic mass is 10.0. The second kappa shape index (κ2) is 13.6. The number of benzene rings is 4. The number of carbonyl (C=O) groups is 2. The maximum Gasteiger partial charge on any atom is 0.269 e. The van der Waals surface area contributed by atoms with Gasteiger partial charge >= 0.3 is 0 Å². The Morgan fingerprint density at radius 2 is 1.35 bits per heavy atom. The number of nitrogens with two attached hydrogens (primary N) is 1. The van der Waals surface area contributed by atoms with Crippen LogP contribution in [0, 0.1) is 10.1 Å². The SMILES string of the molecule is NC(=O)[C@@H](Cc1ccc(OCc2ccccc2)c(OCc2ccccc2)c1)NC(=O)Cc1cccc([N+](=O)[O-])c1. The van der Waals surface area contributed by atoms with E-state index in [1.165, 1.54) is 18.2 Å². The second-order valence-corrected chi connectivity index (χ2v) is 9.16. The van der Waals surface area contributed by atoms with Gasteiger partial charge in [-0.25, -0.2) is 0 Å². The van der Waals surface area contributed by atoms with Gasteiger partial charge in [0.25, 0.3) is 5.69 Å². The van der Waals surface area contributed by atoms with E-state index in [-0.39, 0.29) is 18.5 Å². The fraction of sp³-hybridized carbons (Fsp3) is 0.161. The van der Waals surface area contributed by atoms with Crippen LogP contribution in [0.25, 0.3) is 0 Å². The Hall–Kier alpha value is -5.18. The number of nitro benzene ring substituents is 1. The Bertz CT molecular complexity index is 1460. The van der Waals surface area contributed by atoms with E-state index in [1.807, 2.05) is 60.7 Å². The number of nitro groups is 1. The Labute approximate surface area is 231 Å². The van der Waals surface area contributed by atoms with Crippen molar-refractivity contribution in [3.8, 4) is 11.5 Å². The average molecular weight is 540 g/mol. The highest BCUT2D eigenvalue weighted by Gasteiger charge is 2.20. The summed E-state index contributed by atoms with van der Waals surface area (Å²) in [5, 5.41) is 13.7. The van der Waals surface area contributed by atoms with Gasteiger partial charge in [0.2, 0.25) is 11.8 Å². The van der Waals surface area contributed by atoms with Crippen molar-refractivity contribution >= 4 is 17.5 Å². The van der Waals surface area contributed by atoms with Crippen molar-refractivity contribution in [1.82, 2.24) is 5.32 Å². The van der Waals surface area contributed by atoms with Gasteiger partial charge in [0.05, 0.1) is 11.3 Å². The van der Waals surface area contributed by atoms with Gasteiger partial charge in [-0.2, -0.15) is 0 Å². The van der Waals surface area contributed by atoms with Crippen LogP contribution in [0.15, 0.2) is 103 Å². The van der Waals surface area contributed by atoms with Gasteiger partial charge in [0.1, 0.15) is 19.3 Å². The van der Waals surface area contributed by atoms with E-state index in [0.29, 0.717) is 35.8 Å². The first-order valence-electron chi connectivity index (χ1n) is 12.7. The molecular weight excluding hydrogens is 510 g/mol. The fourth-order valence-corrected chi connectivity index (χ4v) is 4.05. The predicted molar refractivity (Wildman–Crippen MR) is 150 cm³/mol. The molecule has 0 bridgehead atoms. The van der Waals surface area contributed by atoms with Crippen molar-refractivity contribution in [2.75, 3.05) is 0 Å². The lowest BCUT2D eigenvalue weighted by Crippen LogP contribution is -2.46. The molecule has 0 radical (unpaired) electrons. The first-order chi connectivity index (χ1) is 19.4. The normalized spacial score (nSPS) is 11.3. The van der Waals surface area contributed by atoms with E-state index in [9.17, 15) is 19.7 Å². The van der Waals surface area contributed by atoms with Gasteiger partial charge in [-0.3, -0.25) is 19.7 Å². The van der Waals surface area contributed by atoms with Crippen LogP contribution in [0.4, 0.5) is 5.69 Å². The third-order valence-corrected chi connectivity index (χ3v) is 6.09. The maximum atomic E-state index is 12.7. The summed E-state index contributed by atoms with van der Waals surface area (Å²) < 4.78 is 12.1. The molecule has 0 aliphatic rings. The van der Waals surface area contributed by atoms with Crippen LogP contribution in [-0.4, -0.2) is 22.8 Å². The van der Waals surface area contributed by atoms with Crippen LogP contribution in [-0.2, 0) is 35.6 Å². The monoisotopic (exact) mass is 539 g/mol. The average Bonchev–Trinajstić information content (AvgIpc) is 2.96. The number of nitrogens with one attached hydrogen (secondary N) is 1. The topological polar surface area (TPSA) is 134 Å². The number of rotatable bonds is 13. The largest absolute Gasteiger partial charge is 0.485 e. The molecule has 204 valence electrons. The molecule has 40 heavy (non-hydrogen) atoms. The molecule has 4 rings (SSSR count). The first-order valence-corrected chi connectivity index (χ1v) is 12.7. The zero-order valence-corrected chi connectivity index (χ0v) is 21.7. The molecule has 0 saturated heterocycles. The van der Waals surface area contributed by atoms with Crippen LogP contribution < -0.4 is 20.5 Å². The number of carbonyl (C=O) groups excluding carboxylic acids is 2. The number of amides is 2. The molecule has 0 unspecified atom stereocenters. The predicted octanol–water partition coefficient (Wildman–Crippen LogP) is 4.51. The smallest absolute Gasteiger partial charge is 0.269 e. The minimum Gasteiger partial charge on any atom is -0.485 e. The zero-order chi connectivity index (χ0) is 28.3. The molecule has 9 nitrogen and oxygen atoms in total. The Morgan fingerprint density at radius 3 is 1.95 bits per heavy atom. The molecular formula is C31H29N3O6. The van der Waals surface area contributed by atoms with Gasteiger partial charge in [0.15, 0.2) is 11.5 Å². The minimum atomic E-state index is -0.996. The molecule has 0 fully saturated rings. The summed E-state index contributed by atoms with van der Waals surface area (Å²) in [6.45, 7) is 0.657. The molecule has 0 heterocycles. The lowest BCUT2D eigenvalue weighted by molar-refractivity contribution is -0.384. The summed E-state index contributed by atoms with van der Waals surface area (Å²) in [5.41, 5.74) is 8.62. The van der Waals surface area contributed by atoms with Crippen molar-refractivity contribution in [2.24, 2.45) is 5.73 Å². The zero-order valence-electron chi connectivity index (χ0n) is 21.7. The number of ether oxygens (including phenoxy) is 2. The van der Waals surface area contributed by atoms with Crippen LogP contribution in [0.3, 0.4) is 0 Å². The third kappa shape index (κ3) is 8.16. The van der Waals surface area contributed by atoms with Gasteiger partial charge < -0.3 is 20.5 Å².